The van der Waals surface area contributed by atoms with Crippen LogP contribution >= 0.6 is 11.6 Å². The summed E-state index contributed by atoms with van der Waals surface area (Å²) in [5.74, 6) is 0.939. The zero-order valence-electron chi connectivity index (χ0n) is 12.1. The predicted molar refractivity (Wildman–Crippen MR) is 83.5 cm³/mol. The maximum atomic E-state index is 11.6. The van der Waals surface area contributed by atoms with Crippen LogP contribution in [0.15, 0.2) is 12.1 Å². The minimum atomic E-state index is -0.0999. The van der Waals surface area contributed by atoms with Gasteiger partial charge in [0.05, 0.1) is 17.3 Å². The van der Waals surface area contributed by atoms with E-state index in [0.29, 0.717) is 6.54 Å². The third-order valence-electron chi connectivity index (χ3n) is 3.98. The Kier molecular flexibility index (Phi) is 4.10. The molecule has 1 aromatic carbocycles. The average molecular weight is 310 g/mol. The number of carbonyl (C=O) groups is 1. The molecule has 2 N–H and O–H groups in total. The SMILES string of the molecule is CCNC(=O)N[C@@H]1CCN(c2c(Cl)ccc3c2CCO3)C1. The number of amides is 2. The number of urea groups is 1. The summed E-state index contributed by atoms with van der Waals surface area (Å²) < 4.78 is 5.61. The van der Waals surface area contributed by atoms with Gasteiger partial charge in [-0.1, -0.05) is 11.6 Å². The summed E-state index contributed by atoms with van der Waals surface area (Å²) in [4.78, 5) is 13.9. The van der Waals surface area contributed by atoms with Crippen molar-refractivity contribution >= 4 is 23.3 Å². The molecule has 2 aliphatic heterocycles. The van der Waals surface area contributed by atoms with Crippen molar-refractivity contribution < 1.29 is 9.53 Å². The summed E-state index contributed by atoms with van der Waals surface area (Å²) in [7, 11) is 0. The van der Waals surface area contributed by atoms with E-state index >= 15 is 0 Å². The number of rotatable bonds is 3. The van der Waals surface area contributed by atoms with Gasteiger partial charge in [0.1, 0.15) is 5.75 Å². The van der Waals surface area contributed by atoms with Crippen molar-refractivity contribution in [2.45, 2.75) is 25.8 Å². The summed E-state index contributed by atoms with van der Waals surface area (Å²) in [6, 6.07) is 3.89. The minimum Gasteiger partial charge on any atom is -0.493 e. The number of fused-ring (bicyclic) bond motifs is 1. The van der Waals surface area contributed by atoms with Gasteiger partial charge >= 0.3 is 6.03 Å². The predicted octanol–water partition coefficient (Wildman–Crippen LogP) is 2.17. The highest BCUT2D eigenvalue weighted by Crippen LogP contribution is 2.40. The lowest BCUT2D eigenvalue weighted by atomic mass is 10.1. The highest BCUT2D eigenvalue weighted by molar-refractivity contribution is 6.33. The molecule has 0 unspecified atom stereocenters. The maximum Gasteiger partial charge on any atom is 0.315 e. The minimum absolute atomic E-state index is 0.0999. The number of nitrogens with zero attached hydrogens (tertiary/aromatic N) is 1. The smallest absolute Gasteiger partial charge is 0.315 e. The molecule has 0 aromatic heterocycles. The number of hydrogen-bond acceptors (Lipinski definition) is 3. The normalized spacial score (nSPS) is 20.1. The topological polar surface area (TPSA) is 53.6 Å². The number of halogens is 1. The molecule has 1 atom stereocenters. The first kappa shape index (κ1) is 14.3. The van der Waals surface area contributed by atoms with E-state index in [0.717, 1.165) is 49.0 Å². The Balaban J connectivity index is 1.72. The first-order chi connectivity index (χ1) is 10.2. The van der Waals surface area contributed by atoms with Gasteiger partial charge in [-0.3, -0.25) is 0 Å². The fraction of sp³-hybridized carbons (Fsp3) is 0.533. The van der Waals surface area contributed by atoms with Crippen molar-refractivity contribution in [2.75, 3.05) is 31.1 Å². The van der Waals surface area contributed by atoms with Gasteiger partial charge in [0.15, 0.2) is 0 Å². The average Bonchev–Trinajstić information content (AvgIpc) is 3.08. The van der Waals surface area contributed by atoms with Crippen LogP contribution in [0.3, 0.4) is 0 Å². The molecule has 1 aromatic rings. The zero-order valence-corrected chi connectivity index (χ0v) is 12.9. The van der Waals surface area contributed by atoms with E-state index in [-0.39, 0.29) is 12.1 Å². The molecule has 0 radical (unpaired) electrons. The number of anilines is 1. The number of benzene rings is 1. The van der Waals surface area contributed by atoms with Gasteiger partial charge in [0, 0.05) is 37.7 Å². The van der Waals surface area contributed by atoms with Gasteiger partial charge in [-0.15, -0.1) is 0 Å². The van der Waals surface area contributed by atoms with Gasteiger partial charge < -0.3 is 20.3 Å². The Morgan fingerprint density at radius 3 is 3.19 bits per heavy atom. The monoisotopic (exact) mass is 309 g/mol. The van der Waals surface area contributed by atoms with Crippen LogP contribution in [-0.2, 0) is 6.42 Å². The van der Waals surface area contributed by atoms with Crippen LogP contribution in [0.4, 0.5) is 10.5 Å². The Bertz CT molecular complexity index is 550. The standard InChI is InChI=1S/C15H20ClN3O2/c1-2-17-15(20)18-10-5-7-19(9-10)14-11-6-8-21-13(11)4-3-12(14)16/h3-4,10H,2,5-9H2,1H3,(H2,17,18,20)/t10-/m1/s1. The lowest BCUT2D eigenvalue weighted by molar-refractivity contribution is 0.238. The summed E-state index contributed by atoms with van der Waals surface area (Å²) in [5, 5.41) is 6.53. The van der Waals surface area contributed by atoms with Gasteiger partial charge in [-0.25, -0.2) is 4.79 Å². The third kappa shape index (κ3) is 2.88. The molecule has 2 amide bonds. The Hall–Kier alpha value is -1.62. The molecule has 21 heavy (non-hydrogen) atoms. The molecule has 6 heteroatoms. The number of carbonyl (C=O) groups excluding carboxylic acids is 1. The Morgan fingerprint density at radius 1 is 1.52 bits per heavy atom. The molecule has 0 saturated carbocycles. The first-order valence-electron chi connectivity index (χ1n) is 7.42. The molecule has 3 rings (SSSR count). The summed E-state index contributed by atoms with van der Waals surface area (Å²) in [6.45, 7) is 4.95. The highest BCUT2D eigenvalue weighted by atomic mass is 35.5. The van der Waals surface area contributed by atoms with E-state index in [1.165, 1.54) is 5.56 Å². The Labute approximate surface area is 129 Å². The van der Waals surface area contributed by atoms with E-state index in [1.54, 1.807) is 0 Å². The lowest BCUT2D eigenvalue weighted by Gasteiger charge is -2.23. The van der Waals surface area contributed by atoms with Crippen LogP contribution in [0.25, 0.3) is 0 Å². The molecule has 2 heterocycles. The van der Waals surface area contributed by atoms with Crippen molar-refractivity contribution in [3.63, 3.8) is 0 Å². The molecule has 2 aliphatic rings. The third-order valence-corrected chi connectivity index (χ3v) is 4.28. The van der Waals surface area contributed by atoms with Crippen LogP contribution in [0, 0.1) is 0 Å². The molecule has 5 nitrogen and oxygen atoms in total. The van der Waals surface area contributed by atoms with Crippen LogP contribution in [-0.4, -0.2) is 38.3 Å². The number of nitrogens with one attached hydrogen (secondary N) is 2. The van der Waals surface area contributed by atoms with Crippen LogP contribution in [0.5, 0.6) is 5.75 Å². The lowest BCUT2D eigenvalue weighted by Crippen LogP contribution is -2.43. The summed E-state index contributed by atoms with van der Waals surface area (Å²) >= 11 is 6.39. The molecular formula is C15H20ClN3O2. The second-order valence-corrected chi connectivity index (χ2v) is 5.81. The van der Waals surface area contributed by atoms with Crippen molar-refractivity contribution in [3.8, 4) is 5.75 Å². The maximum absolute atomic E-state index is 11.6. The first-order valence-corrected chi connectivity index (χ1v) is 7.80. The van der Waals surface area contributed by atoms with E-state index in [9.17, 15) is 4.79 Å². The molecule has 0 spiro atoms. The highest BCUT2D eigenvalue weighted by Gasteiger charge is 2.29. The van der Waals surface area contributed by atoms with E-state index in [1.807, 2.05) is 19.1 Å². The van der Waals surface area contributed by atoms with Crippen molar-refractivity contribution in [2.24, 2.45) is 0 Å². The van der Waals surface area contributed by atoms with Crippen LogP contribution in [0.1, 0.15) is 18.9 Å². The van der Waals surface area contributed by atoms with E-state index < -0.39 is 0 Å². The zero-order chi connectivity index (χ0) is 14.8. The van der Waals surface area contributed by atoms with Crippen molar-refractivity contribution in [3.05, 3.63) is 22.7 Å². The van der Waals surface area contributed by atoms with Crippen LogP contribution in [0.2, 0.25) is 5.02 Å². The Morgan fingerprint density at radius 2 is 2.38 bits per heavy atom. The fourth-order valence-corrected chi connectivity index (χ4v) is 3.35. The second-order valence-electron chi connectivity index (χ2n) is 5.41. The molecular weight excluding hydrogens is 290 g/mol. The number of ether oxygens (including phenoxy) is 1. The fourth-order valence-electron chi connectivity index (χ4n) is 3.05. The largest absolute Gasteiger partial charge is 0.493 e. The van der Waals surface area contributed by atoms with Crippen LogP contribution < -0.4 is 20.3 Å². The summed E-state index contributed by atoms with van der Waals surface area (Å²) in [5.41, 5.74) is 2.27. The second kappa shape index (κ2) is 6.02. The molecule has 0 aliphatic carbocycles. The van der Waals surface area contributed by atoms with Crippen molar-refractivity contribution in [1.82, 2.24) is 10.6 Å². The van der Waals surface area contributed by atoms with Crippen molar-refractivity contribution in [1.29, 1.82) is 0 Å². The van der Waals surface area contributed by atoms with E-state index in [2.05, 4.69) is 15.5 Å². The van der Waals surface area contributed by atoms with Gasteiger partial charge in [-0.2, -0.15) is 0 Å². The molecule has 0 bridgehead atoms. The quantitative estimate of drug-likeness (QED) is 0.900. The molecule has 114 valence electrons. The summed E-state index contributed by atoms with van der Waals surface area (Å²) in [6.07, 6.45) is 1.83. The van der Waals surface area contributed by atoms with Gasteiger partial charge in [0.25, 0.3) is 0 Å². The van der Waals surface area contributed by atoms with Gasteiger partial charge in [-0.05, 0) is 25.5 Å². The molecule has 1 fully saturated rings. The molecule has 1 saturated heterocycles. The van der Waals surface area contributed by atoms with E-state index in [4.69, 9.17) is 16.3 Å². The number of hydrogen-bond donors (Lipinski definition) is 2. The van der Waals surface area contributed by atoms with Gasteiger partial charge in [0.2, 0.25) is 0 Å².